The number of carbonyl (C=O) groups is 1. The molecule has 2 aromatic carbocycles. The van der Waals surface area contributed by atoms with E-state index in [4.69, 9.17) is 5.84 Å². The molecule has 1 radical (unpaired) electrons. The lowest BCUT2D eigenvalue weighted by Crippen LogP contribution is -2.30. The van der Waals surface area contributed by atoms with Crippen LogP contribution in [-0.4, -0.2) is 5.91 Å². The summed E-state index contributed by atoms with van der Waals surface area (Å²) in [6.45, 7) is 0. The number of amides is 1. The van der Waals surface area contributed by atoms with Crippen molar-refractivity contribution in [1.29, 1.82) is 0 Å². The Kier molecular flexibility index (Phi) is 3.82. The third-order valence-electron chi connectivity index (χ3n) is 2.49. The van der Waals surface area contributed by atoms with Crippen LogP contribution in [0, 0.1) is 0 Å². The van der Waals surface area contributed by atoms with E-state index in [1.165, 1.54) is 0 Å². The average Bonchev–Trinajstić information content (AvgIpc) is 2.47. The number of benzene rings is 2. The number of hydrogen-bond acceptors (Lipinski definition) is 3. The Hall–Kier alpha value is -2.03. The lowest BCUT2D eigenvalue weighted by molar-refractivity contribution is 0.0953. The molecule has 1 unspecified atom stereocenters. The number of hydrazine groups is 1. The van der Waals surface area contributed by atoms with Crippen LogP contribution in [0.5, 0.6) is 0 Å². The maximum atomic E-state index is 12.2. The van der Waals surface area contributed by atoms with E-state index in [9.17, 15) is 9.36 Å². The molecule has 4 nitrogen and oxygen atoms in total. The lowest BCUT2D eigenvalue weighted by atomic mass is 10.2. The third-order valence-corrected chi connectivity index (χ3v) is 4.02. The van der Waals surface area contributed by atoms with Gasteiger partial charge in [0.1, 0.15) is 7.80 Å². The molecule has 0 bridgehead atoms. The molecule has 0 aromatic heterocycles. The van der Waals surface area contributed by atoms with Crippen molar-refractivity contribution in [3.8, 4) is 0 Å². The molecule has 0 aliphatic heterocycles. The first-order chi connectivity index (χ1) is 8.72. The fourth-order valence-corrected chi connectivity index (χ4v) is 2.70. The van der Waals surface area contributed by atoms with Gasteiger partial charge < -0.3 is 0 Å². The van der Waals surface area contributed by atoms with Crippen molar-refractivity contribution in [3.63, 3.8) is 0 Å². The van der Waals surface area contributed by atoms with Gasteiger partial charge in [0.15, 0.2) is 0 Å². The molecule has 3 N–H and O–H groups in total. The molecule has 0 fully saturated rings. The first kappa shape index (κ1) is 12.4. The maximum absolute atomic E-state index is 12.2. The van der Waals surface area contributed by atoms with Crippen molar-refractivity contribution >= 4 is 24.3 Å². The smallest absolute Gasteiger partial charge is 0.265 e. The zero-order chi connectivity index (χ0) is 13.0. The minimum atomic E-state index is -1.62. The van der Waals surface area contributed by atoms with Crippen molar-refractivity contribution in [3.05, 3.63) is 60.2 Å². The minimum absolute atomic E-state index is 0.364. The van der Waals surface area contributed by atoms with E-state index in [0.717, 1.165) is 5.30 Å². The van der Waals surface area contributed by atoms with E-state index in [0.29, 0.717) is 10.9 Å². The second-order valence-electron chi connectivity index (χ2n) is 3.65. The van der Waals surface area contributed by atoms with Gasteiger partial charge in [-0.2, -0.15) is 0 Å². The molecule has 0 saturated carbocycles. The summed E-state index contributed by atoms with van der Waals surface area (Å²) in [5, 5.41) is 1.45. The van der Waals surface area contributed by atoms with Crippen LogP contribution in [0.2, 0.25) is 0 Å². The lowest BCUT2D eigenvalue weighted by Gasteiger charge is -2.03. The SMILES string of the molecule is NNC(=O)c1ccc([P](=O)c2ccccc2)cc1. The molecular weight excluding hydrogens is 247 g/mol. The average molecular weight is 259 g/mol. The molecule has 18 heavy (non-hydrogen) atoms. The number of nitrogens with one attached hydrogen (secondary N) is 1. The third kappa shape index (κ3) is 2.62. The molecule has 2 aromatic rings. The second kappa shape index (κ2) is 5.54. The maximum Gasteiger partial charge on any atom is 0.265 e. The van der Waals surface area contributed by atoms with Gasteiger partial charge in [-0.25, -0.2) is 5.84 Å². The molecular formula is C13H12N2O2P. The fraction of sp³-hybridized carbons (Fsp3) is 0. The molecule has 1 amide bonds. The summed E-state index contributed by atoms with van der Waals surface area (Å²) in [5.74, 6) is 4.67. The van der Waals surface area contributed by atoms with E-state index in [2.05, 4.69) is 0 Å². The number of carbonyl (C=O) groups excluding carboxylic acids is 1. The van der Waals surface area contributed by atoms with Gasteiger partial charge >= 0.3 is 0 Å². The summed E-state index contributed by atoms with van der Waals surface area (Å²) >= 11 is 0. The zero-order valence-electron chi connectivity index (χ0n) is 9.54. The van der Waals surface area contributed by atoms with E-state index in [1.54, 1.807) is 24.3 Å². The normalized spacial score (nSPS) is 10.8. The van der Waals surface area contributed by atoms with Gasteiger partial charge in [-0.05, 0) is 36.4 Å². The Bertz CT molecular complexity index is 567. The van der Waals surface area contributed by atoms with E-state index in [1.807, 2.05) is 35.8 Å². The molecule has 0 saturated heterocycles. The Morgan fingerprint density at radius 3 is 2.06 bits per heavy atom. The largest absolute Gasteiger partial charge is 0.290 e. The number of rotatable bonds is 3. The van der Waals surface area contributed by atoms with Crippen molar-refractivity contribution in [2.24, 2.45) is 5.84 Å². The molecule has 0 aliphatic carbocycles. The molecule has 2 rings (SSSR count). The van der Waals surface area contributed by atoms with E-state index < -0.39 is 7.80 Å². The molecule has 0 spiro atoms. The highest BCUT2D eigenvalue weighted by atomic mass is 31.1. The quantitative estimate of drug-likeness (QED) is 0.375. The van der Waals surface area contributed by atoms with Gasteiger partial charge in [-0.3, -0.25) is 14.8 Å². The Morgan fingerprint density at radius 1 is 0.944 bits per heavy atom. The molecule has 0 heterocycles. The van der Waals surface area contributed by atoms with Gasteiger partial charge in [-0.15, -0.1) is 0 Å². The highest BCUT2D eigenvalue weighted by molar-refractivity contribution is 7.61. The van der Waals surface area contributed by atoms with Crippen LogP contribution in [-0.2, 0) is 4.57 Å². The summed E-state index contributed by atoms with van der Waals surface area (Å²) in [6, 6.07) is 15.8. The summed E-state index contributed by atoms with van der Waals surface area (Å²) < 4.78 is 12.2. The molecule has 1 atom stereocenters. The first-order valence-electron chi connectivity index (χ1n) is 5.35. The Labute approximate surface area is 106 Å². The summed E-state index contributed by atoms with van der Waals surface area (Å²) in [4.78, 5) is 11.3. The molecule has 0 aliphatic rings. The molecule has 91 valence electrons. The number of nitrogen functional groups attached to an aromatic ring is 1. The minimum Gasteiger partial charge on any atom is -0.290 e. The second-order valence-corrected chi connectivity index (χ2v) is 5.27. The standard InChI is InChI=1S/C13H12N2O2P/c14-15-13(16)10-6-8-12(9-7-10)18(17)11-4-2-1-3-5-11/h1-9H,14H2,(H,15,16). The van der Waals surface area contributed by atoms with Crippen molar-refractivity contribution in [2.45, 2.75) is 0 Å². The predicted octanol–water partition coefficient (Wildman–Crippen LogP) is 1.07. The predicted molar refractivity (Wildman–Crippen MR) is 71.4 cm³/mol. The van der Waals surface area contributed by atoms with Gasteiger partial charge in [0.05, 0.1) is 0 Å². The Morgan fingerprint density at radius 2 is 1.50 bits per heavy atom. The van der Waals surface area contributed by atoms with Crippen LogP contribution >= 0.6 is 7.80 Å². The van der Waals surface area contributed by atoms with Crippen LogP contribution < -0.4 is 21.9 Å². The van der Waals surface area contributed by atoms with Crippen LogP contribution in [0.1, 0.15) is 10.4 Å². The van der Waals surface area contributed by atoms with Crippen LogP contribution in [0.4, 0.5) is 0 Å². The fourth-order valence-electron chi connectivity index (χ4n) is 1.54. The topological polar surface area (TPSA) is 72.2 Å². The zero-order valence-corrected chi connectivity index (χ0v) is 10.4. The summed E-state index contributed by atoms with van der Waals surface area (Å²) in [7, 11) is -1.62. The number of hydrogen-bond donors (Lipinski definition) is 2. The van der Waals surface area contributed by atoms with Crippen molar-refractivity contribution in [1.82, 2.24) is 5.43 Å². The van der Waals surface area contributed by atoms with Crippen molar-refractivity contribution in [2.75, 3.05) is 0 Å². The number of nitrogens with two attached hydrogens (primary N) is 1. The van der Waals surface area contributed by atoms with Crippen LogP contribution in [0.25, 0.3) is 0 Å². The van der Waals surface area contributed by atoms with Crippen molar-refractivity contribution < 1.29 is 9.36 Å². The van der Waals surface area contributed by atoms with Gasteiger partial charge in [-0.1, -0.05) is 18.2 Å². The van der Waals surface area contributed by atoms with E-state index in [-0.39, 0.29) is 5.91 Å². The molecule has 5 heteroatoms. The Balaban J connectivity index is 2.25. The first-order valence-corrected chi connectivity index (χ1v) is 6.61. The van der Waals surface area contributed by atoms with Gasteiger partial charge in [0.25, 0.3) is 5.91 Å². The highest BCUT2D eigenvalue weighted by Crippen LogP contribution is 2.19. The van der Waals surface area contributed by atoms with Crippen LogP contribution in [0.15, 0.2) is 54.6 Å². The van der Waals surface area contributed by atoms with Gasteiger partial charge in [0.2, 0.25) is 0 Å². The van der Waals surface area contributed by atoms with Crippen LogP contribution in [0.3, 0.4) is 0 Å². The highest BCUT2D eigenvalue weighted by Gasteiger charge is 2.09. The monoisotopic (exact) mass is 259 g/mol. The van der Waals surface area contributed by atoms with Gasteiger partial charge in [0, 0.05) is 16.2 Å². The summed E-state index contributed by atoms with van der Waals surface area (Å²) in [6.07, 6.45) is 0. The summed E-state index contributed by atoms with van der Waals surface area (Å²) in [5.41, 5.74) is 2.49. The van der Waals surface area contributed by atoms with E-state index >= 15 is 0 Å².